The highest BCUT2D eigenvalue weighted by Crippen LogP contribution is 2.36. The first-order valence-corrected chi connectivity index (χ1v) is 8.68. The maximum absolute atomic E-state index is 13.7. The van der Waals surface area contributed by atoms with Gasteiger partial charge in [0.2, 0.25) is 5.88 Å². The molecule has 0 radical (unpaired) electrons. The summed E-state index contributed by atoms with van der Waals surface area (Å²) >= 11 is 0. The van der Waals surface area contributed by atoms with Crippen molar-refractivity contribution in [2.45, 2.75) is 45.4 Å². The van der Waals surface area contributed by atoms with Gasteiger partial charge in [0.05, 0.1) is 5.69 Å². The minimum Gasteiger partial charge on any atom is -0.367 e. The Bertz CT molecular complexity index is 777. The van der Waals surface area contributed by atoms with E-state index in [1.54, 1.807) is 24.0 Å². The molecular weight excluding hydrogens is 321 g/mol. The molecule has 1 aromatic heterocycles. The molecule has 1 fully saturated rings. The Morgan fingerprint density at radius 2 is 2.04 bits per heavy atom. The van der Waals surface area contributed by atoms with E-state index in [1.165, 1.54) is 6.07 Å². The molecule has 1 aliphatic heterocycles. The fourth-order valence-electron chi connectivity index (χ4n) is 3.46. The Morgan fingerprint density at radius 3 is 2.64 bits per heavy atom. The Kier molecular flexibility index (Phi) is 4.79. The average molecular weight is 345 g/mol. The van der Waals surface area contributed by atoms with E-state index >= 15 is 0 Å². The first-order chi connectivity index (χ1) is 11.9. The van der Waals surface area contributed by atoms with Gasteiger partial charge in [-0.1, -0.05) is 25.1 Å². The zero-order valence-corrected chi connectivity index (χ0v) is 14.9. The number of anilines is 1. The molecule has 2 N–H and O–H groups in total. The summed E-state index contributed by atoms with van der Waals surface area (Å²) in [6.07, 6.45) is 1.59. The first-order valence-electron chi connectivity index (χ1n) is 8.68. The largest absolute Gasteiger partial charge is 0.367 e. The number of benzene rings is 1. The number of hydrogen-bond donors (Lipinski definition) is 1. The van der Waals surface area contributed by atoms with Crippen LogP contribution in [0.25, 0.3) is 0 Å². The quantitative estimate of drug-likeness (QED) is 0.917. The van der Waals surface area contributed by atoms with Crippen molar-refractivity contribution in [3.63, 3.8) is 0 Å². The van der Waals surface area contributed by atoms with Crippen molar-refractivity contribution in [2.24, 2.45) is 0 Å². The van der Waals surface area contributed by atoms with Crippen molar-refractivity contribution in [2.75, 3.05) is 18.8 Å². The molecule has 25 heavy (non-hydrogen) atoms. The van der Waals surface area contributed by atoms with E-state index in [-0.39, 0.29) is 23.6 Å². The van der Waals surface area contributed by atoms with Crippen LogP contribution in [0.3, 0.4) is 0 Å². The molecule has 1 aromatic carbocycles. The van der Waals surface area contributed by atoms with E-state index in [4.69, 9.17) is 10.3 Å². The molecule has 0 spiro atoms. The maximum atomic E-state index is 13.7. The molecule has 0 atom stereocenters. The third kappa shape index (κ3) is 3.38. The number of nitrogen functional groups attached to an aromatic ring is 1. The van der Waals surface area contributed by atoms with Crippen molar-refractivity contribution in [1.29, 1.82) is 0 Å². The van der Waals surface area contributed by atoms with Crippen LogP contribution >= 0.6 is 0 Å². The zero-order chi connectivity index (χ0) is 18.1. The summed E-state index contributed by atoms with van der Waals surface area (Å²) in [4.78, 5) is 14.4. The number of halogens is 1. The molecule has 2 heterocycles. The van der Waals surface area contributed by atoms with Crippen molar-refractivity contribution in [1.82, 2.24) is 10.1 Å². The third-order valence-corrected chi connectivity index (χ3v) is 4.95. The fraction of sp³-hybridized carbons (Fsp3) is 0.474. The van der Waals surface area contributed by atoms with Gasteiger partial charge in [0.15, 0.2) is 0 Å². The van der Waals surface area contributed by atoms with E-state index in [2.05, 4.69) is 19.0 Å². The Balaban J connectivity index is 1.69. The number of likely N-dealkylation sites (tertiary alicyclic amines) is 1. The Labute approximate surface area is 147 Å². The number of aryl methyl sites for hydroxylation is 1. The van der Waals surface area contributed by atoms with E-state index in [0.29, 0.717) is 30.1 Å². The lowest BCUT2D eigenvalue weighted by Crippen LogP contribution is -2.38. The maximum Gasteiger partial charge on any atom is 0.253 e. The minimum atomic E-state index is -0.347. The normalized spacial score (nSPS) is 15.8. The van der Waals surface area contributed by atoms with Gasteiger partial charge in [-0.25, -0.2) is 4.39 Å². The summed E-state index contributed by atoms with van der Waals surface area (Å²) in [6.45, 7) is 7.05. The number of hydrogen-bond acceptors (Lipinski definition) is 4. The molecule has 0 unspecified atom stereocenters. The topological polar surface area (TPSA) is 72.4 Å². The van der Waals surface area contributed by atoms with E-state index in [9.17, 15) is 9.18 Å². The van der Waals surface area contributed by atoms with Crippen LogP contribution < -0.4 is 5.73 Å². The van der Waals surface area contributed by atoms with Gasteiger partial charge in [-0.3, -0.25) is 4.79 Å². The summed E-state index contributed by atoms with van der Waals surface area (Å²) in [7, 11) is 0. The van der Waals surface area contributed by atoms with Crippen molar-refractivity contribution >= 4 is 11.8 Å². The van der Waals surface area contributed by atoms with Gasteiger partial charge < -0.3 is 15.2 Å². The van der Waals surface area contributed by atoms with Gasteiger partial charge in [-0.2, -0.15) is 0 Å². The van der Waals surface area contributed by atoms with E-state index in [0.717, 1.165) is 24.1 Å². The van der Waals surface area contributed by atoms with Gasteiger partial charge in [0.1, 0.15) is 5.82 Å². The van der Waals surface area contributed by atoms with Gasteiger partial charge in [0, 0.05) is 30.1 Å². The summed E-state index contributed by atoms with van der Waals surface area (Å²) in [5.41, 5.74) is 8.73. The summed E-state index contributed by atoms with van der Waals surface area (Å²) < 4.78 is 18.9. The SMILES string of the molecule is Cc1ccc(C(=O)N2CCC(c3noc(N)c3C(C)C)CC2)cc1F. The third-order valence-electron chi connectivity index (χ3n) is 4.95. The van der Waals surface area contributed by atoms with Crippen LogP contribution in [-0.2, 0) is 0 Å². The van der Waals surface area contributed by atoms with Gasteiger partial charge in [-0.05, 0) is 43.4 Å². The minimum absolute atomic E-state index is 0.124. The highest BCUT2D eigenvalue weighted by molar-refractivity contribution is 5.94. The lowest BCUT2D eigenvalue weighted by atomic mass is 9.88. The van der Waals surface area contributed by atoms with Gasteiger partial charge >= 0.3 is 0 Å². The lowest BCUT2D eigenvalue weighted by Gasteiger charge is -2.31. The molecule has 0 aliphatic carbocycles. The van der Waals surface area contributed by atoms with Crippen LogP contribution in [0, 0.1) is 12.7 Å². The lowest BCUT2D eigenvalue weighted by molar-refractivity contribution is 0.0710. The first kappa shape index (κ1) is 17.5. The molecule has 1 amide bonds. The van der Waals surface area contributed by atoms with Crippen LogP contribution in [0.5, 0.6) is 0 Å². The molecule has 1 saturated heterocycles. The average Bonchev–Trinajstić information content (AvgIpc) is 2.98. The van der Waals surface area contributed by atoms with Crippen LogP contribution in [-0.4, -0.2) is 29.1 Å². The fourth-order valence-corrected chi connectivity index (χ4v) is 3.46. The molecule has 0 saturated carbocycles. The number of nitrogens with zero attached hydrogens (tertiary/aromatic N) is 2. The van der Waals surface area contributed by atoms with E-state index < -0.39 is 0 Å². The van der Waals surface area contributed by atoms with Crippen LogP contribution in [0.2, 0.25) is 0 Å². The highest BCUT2D eigenvalue weighted by Gasteiger charge is 2.30. The van der Waals surface area contributed by atoms with Crippen LogP contribution in [0.4, 0.5) is 10.3 Å². The highest BCUT2D eigenvalue weighted by atomic mass is 19.1. The molecule has 1 aliphatic rings. The number of carbonyl (C=O) groups excluding carboxylic acids is 1. The molecule has 134 valence electrons. The second-order valence-corrected chi connectivity index (χ2v) is 7.03. The smallest absolute Gasteiger partial charge is 0.253 e. The van der Waals surface area contributed by atoms with Gasteiger partial charge in [-0.15, -0.1) is 0 Å². The number of nitrogens with two attached hydrogens (primary N) is 1. The van der Waals surface area contributed by atoms with Gasteiger partial charge in [0.25, 0.3) is 5.91 Å². The number of piperidine rings is 1. The van der Waals surface area contributed by atoms with Crippen LogP contribution in [0.15, 0.2) is 22.7 Å². The standard InChI is InChI=1S/C19H24FN3O2/c1-11(2)16-17(22-25-18(16)21)13-6-8-23(9-7-13)19(24)14-5-4-12(3)15(20)10-14/h4-5,10-11,13H,6-9,21H2,1-3H3. The monoisotopic (exact) mass is 345 g/mol. The second kappa shape index (κ2) is 6.86. The van der Waals surface area contributed by atoms with Crippen molar-refractivity contribution in [3.05, 3.63) is 46.4 Å². The summed E-state index contributed by atoms with van der Waals surface area (Å²) in [5, 5.41) is 4.16. The number of rotatable bonds is 3. The number of amides is 1. The summed E-state index contributed by atoms with van der Waals surface area (Å²) in [5.74, 6) is 0.397. The molecule has 6 heteroatoms. The molecule has 3 rings (SSSR count). The predicted molar refractivity (Wildman–Crippen MR) is 94.0 cm³/mol. The van der Waals surface area contributed by atoms with E-state index in [1.807, 2.05) is 0 Å². The van der Waals surface area contributed by atoms with Crippen molar-refractivity contribution in [3.8, 4) is 0 Å². The summed E-state index contributed by atoms with van der Waals surface area (Å²) in [6, 6.07) is 4.64. The number of carbonyl (C=O) groups is 1. The molecule has 0 bridgehead atoms. The van der Waals surface area contributed by atoms with Crippen LogP contribution in [0.1, 0.15) is 65.7 Å². The Hall–Kier alpha value is -2.37. The zero-order valence-electron chi connectivity index (χ0n) is 14.9. The molecule has 2 aromatic rings. The molecular formula is C19H24FN3O2. The second-order valence-electron chi connectivity index (χ2n) is 7.03. The van der Waals surface area contributed by atoms with Crippen molar-refractivity contribution < 1.29 is 13.7 Å². The molecule has 5 nitrogen and oxygen atoms in total. The predicted octanol–water partition coefficient (Wildman–Crippen LogP) is 3.85. The number of aromatic nitrogens is 1. The Morgan fingerprint density at radius 1 is 1.36 bits per heavy atom.